The van der Waals surface area contributed by atoms with Crippen molar-refractivity contribution < 1.29 is 0 Å². The zero-order valence-electron chi connectivity index (χ0n) is 8.58. The van der Waals surface area contributed by atoms with Gasteiger partial charge < -0.3 is 0 Å². The van der Waals surface area contributed by atoms with E-state index in [1.165, 1.54) is 0 Å². The summed E-state index contributed by atoms with van der Waals surface area (Å²) in [6, 6.07) is 7.23. The summed E-state index contributed by atoms with van der Waals surface area (Å²) in [5.74, 6) is 0.177. The van der Waals surface area contributed by atoms with E-state index in [1.807, 2.05) is 29.7 Å². The number of nitrogens with zero attached hydrogens (tertiary/aromatic N) is 4. The van der Waals surface area contributed by atoms with Gasteiger partial charge in [-0.2, -0.15) is 0 Å². The molecule has 0 aromatic carbocycles. The van der Waals surface area contributed by atoms with Gasteiger partial charge in [-0.1, -0.05) is 6.07 Å². The van der Waals surface area contributed by atoms with E-state index in [2.05, 4.69) is 15.1 Å². The molecule has 3 aromatic rings. The fourth-order valence-electron chi connectivity index (χ4n) is 1.78. The summed E-state index contributed by atoms with van der Waals surface area (Å²) in [6.07, 6.45) is 1.87. The van der Waals surface area contributed by atoms with Crippen molar-refractivity contribution in [3.8, 4) is 0 Å². The van der Waals surface area contributed by atoms with Gasteiger partial charge in [0.25, 0.3) is 0 Å². The molecule has 5 nitrogen and oxygen atoms in total. The highest BCUT2D eigenvalue weighted by Crippen LogP contribution is 2.19. The Bertz CT molecular complexity index is 702. The molecular weight excluding hydrogens is 204 g/mol. The molecule has 0 saturated heterocycles. The average Bonchev–Trinajstić information content (AvgIpc) is 2.68. The third-order valence-electron chi connectivity index (χ3n) is 2.55. The summed E-state index contributed by atoms with van der Waals surface area (Å²) >= 11 is 0. The lowest BCUT2D eigenvalue weighted by Crippen LogP contribution is -1.87. The molecule has 16 heavy (non-hydrogen) atoms. The molecule has 0 aliphatic heterocycles. The Kier molecular flexibility index (Phi) is 1.73. The largest absolute Gasteiger partial charge is 0.284 e. The maximum Gasteiger partial charge on any atom is 0.198 e. The van der Waals surface area contributed by atoms with Gasteiger partial charge in [0.05, 0.1) is 0 Å². The van der Waals surface area contributed by atoms with Crippen LogP contribution in [0.25, 0.3) is 16.8 Å². The van der Waals surface area contributed by atoms with Gasteiger partial charge in [0.1, 0.15) is 11.2 Å². The monoisotopic (exact) mass is 212 g/mol. The Morgan fingerprint density at radius 1 is 1.19 bits per heavy atom. The number of rotatable bonds is 1. The van der Waals surface area contributed by atoms with Crippen LogP contribution in [0, 0.1) is 11.8 Å². The molecule has 3 heterocycles. The van der Waals surface area contributed by atoms with Crippen molar-refractivity contribution in [1.29, 1.82) is 0 Å². The lowest BCUT2D eigenvalue weighted by atomic mass is 10.3. The number of imidazole rings is 1. The second-order valence-electron chi connectivity index (χ2n) is 3.60. The van der Waals surface area contributed by atoms with Crippen molar-refractivity contribution in [3.63, 3.8) is 0 Å². The maximum atomic E-state index is 10.4. The lowest BCUT2D eigenvalue weighted by Gasteiger charge is -1.96. The van der Waals surface area contributed by atoms with Crippen molar-refractivity contribution >= 4 is 22.6 Å². The molecule has 3 aromatic heterocycles. The van der Waals surface area contributed by atoms with Crippen molar-refractivity contribution in [2.24, 2.45) is 5.18 Å². The van der Waals surface area contributed by atoms with Gasteiger partial charge in [0.15, 0.2) is 11.5 Å². The van der Waals surface area contributed by atoms with Gasteiger partial charge in [-0.15, -0.1) is 4.91 Å². The molecule has 0 bridgehead atoms. The Labute approximate surface area is 90.7 Å². The number of aryl methyl sites for hydroxylation is 1. The minimum Gasteiger partial charge on any atom is -0.284 e. The van der Waals surface area contributed by atoms with Crippen molar-refractivity contribution in [2.45, 2.75) is 6.92 Å². The summed E-state index contributed by atoms with van der Waals surface area (Å²) in [6.45, 7) is 1.99. The topological polar surface area (TPSA) is 59.6 Å². The summed E-state index contributed by atoms with van der Waals surface area (Å²) in [7, 11) is 0. The van der Waals surface area contributed by atoms with E-state index < -0.39 is 0 Å². The average molecular weight is 212 g/mol. The second kappa shape index (κ2) is 3.10. The van der Waals surface area contributed by atoms with Crippen LogP contribution in [0.1, 0.15) is 5.56 Å². The van der Waals surface area contributed by atoms with Crippen molar-refractivity contribution in [2.75, 3.05) is 0 Å². The fourth-order valence-corrected chi connectivity index (χ4v) is 1.78. The first-order valence-electron chi connectivity index (χ1n) is 4.87. The molecule has 0 saturated carbocycles. The molecule has 0 unspecified atom stereocenters. The van der Waals surface area contributed by atoms with Crippen LogP contribution in [0.2, 0.25) is 0 Å². The molecule has 3 rings (SSSR count). The summed E-state index contributed by atoms with van der Waals surface area (Å²) < 4.78 is 1.86. The molecule has 0 radical (unpaired) electrons. The van der Waals surface area contributed by atoms with Crippen LogP contribution < -0.4 is 0 Å². The Morgan fingerprint density at radius 2 is 2.06 bits per heavy atom. The number of hydrogen-bond donors (Lipinski definition) is 0. The molecule has 0 amide bonds. The first-order chi connectivity index (χ1) is 7.79. The predicted molar refractivity (Wildman–Crippen MR) is 60.7 cm³/mol. The normalized spacial score (nSPS) is 11.1. The molecule has 0 N–H and O–H groups in total. The third-order valence-corrected chi connectivity index (χ3v) is 2.55. The van der Waals surface area contributed by atoms with Gasteiger partial charge >= 0.3 is 0 Å². The van der Waals surface area contributed by atoms with Crippen LogP contribution in [0.4, 0.5) is 5.82 Å². The van der Waals surface area contributed by atoms with E-state index in [4.69, 9.17) is 0 Å². The van der Waals surface area contributed by atoms with Crippen LogP contribution in [-0.4, -0.2) is 14.4 Å². The standard InChI is InChI=1S/C11H8N4O/c1-7-3-2-6-15-10(7)12-8-4-5-9(14-16)13-11(8)15/h2-6H,1H3. The van der Waals surface area contributed by atoms with Crippen LogP contribution in [0.15, 0.2) is 35.6 Å². The number of aromatic nitrogens is 3. The molecule has 0 aliphatic rings. The van der Waals surface area contributed by atoms with Crippen LogP contribution in [0.3, 0.4) is 0 Å². The highest BCUT2D eigenvalue weighted by molar-refractivity contribution is 5.78. The molecule has 0 fully saturated rings. The second-order valence-corrected chi connectivity index (χ2v) is 3.60. The fraction of sp³-hybridized carbons (Fsp3) is 0.0909. The number of nitroso groups, excluding NO2 is 1. The van der Waals surface area contributed by atoms with E-state index in [9.17, 15) is 4.91 Å². The Morgan fingerprint density at radius 3 is 2.88 bits per heavy atom. The Hall–Kier alpha value is -2.30. The quantitative estimate of drug-likeness (QED) is 0.582. The smallest absolute Gasteiger partial charge is 0.198 e. The number of pyridine rings is 2. The summed E-state index contributed by atoms with van der Waals surface area (Å²) in [5, 5.41) is 2.83. The van der Waals surface area contributed by atoms with Crippen molar-refractivity contribution in [3.05, 3.63) is 40.9 Å². The lowest BCUT2D eigenvalue weighted by molar-refractivity contribution is 1.16. The summed E-state index contributed by atoms with van der Waals surface area (Å²) in [4.78, 5) is 19.0. The van der Waals surface area contributed by atoms with E-state index in [0.717, 1.165) is 16.7 Å². The first-order valence-corrected chi connectivity index (χ1v) is 4.87. The van der Waals surface area contributed by atoms with Gasteiger partial charge in [0.2, 0.25) is 0 Å². The van der Waals surface area contributed by atoms with Gasteiger partial charge in [-0.3, -0.25) is 4.40 Å². The third kappa shape index (κ3) is 1.11. The highest BCUT2D eigenvalue weighted by atomic mass is 16.3. The predicted octanol–water partition coefficient (Wildman–Crippen LogP) is 2.59. The SMILES string of the molecule is Cc1cccn2c1nc1ccc(N=O)nc12. The van der Waals surface area contributed by atoms with E-state index >= 15 is 0 Å². The first kappa shape index (κ1) is 8.96. The van der Waals surface area contributed by atoms with E-state index in [0.29, 0.717) is 5.65 Å². The molecule has 5 heteroatoms. The van der Waals surface area contributed by atoms with E-state index in [-0.39, 0.29) is 5.82 Å². The van der Waals surface area contributed by atoms with Gasteiger partial charge in [-0.25, -0.2) is 9.97 Å². The Balaban J connectivity index is 2.52. The minimum atomic E-state index is 0.177. The molecule has 0 atom stereocenters. The molecule has 0 aliphatic carbocycles. The van der Waals surface area contributed by atoms with Gasteiger partial charge in [-0.05, 0) is 35.9 Å². The number of fused-ring (bicyclic) bond motifs is 3. The molecule has 0 spiro atoms. The zero-order chi connectivity index (χ0) is 11.1. The van der Waals surface area contributed by atoms with Crippen molar-refractivity contribution in [1.82, 2.24) is 14.4 Å². The molecular formula is C11H8N4O. The van der Waals surface area contributed by atoms with E-state index in [1.54, 1.807) is 12.1 Å². The maximum absolute atomic E-state index is 10.4. The minimum absolute atomic E-state index is 0.177. The summed E-state index contributed by atoms with van der Waals surface area (Å²) in [5.41, 5.74) is 3.35. The van der Waals surface area contributed by atoms with Crippen LogP contribution in [-0.2, 0) is 0 Å². The highest BCUT2D eigenvalue weighted by Gasteiger charge is 2.07. The molecule has 78 valence electrons. The zero-order valence-corrected chi connectivity index (χ0v) is 8.58. The number of hydrogen-bond acceptors (Lipinski definition) is 4. The van der Waals surface area contributed by atoms with Crippen LogP contribution >= 0.6 is 0 Å². The van der Waals surface area contributed by atoms with Gasteiger partial charge in [0, 0.05) is 6.20 Å². The van der Waals surface area contributed by atoms with Crippen LogP contribution in [0.5, 0.6) is 0 Å².